The number of hydrazine groups is 1. The molecule has 2 heterocycles. The summed E-state index contributed by atoms with van der Waals surface area (Å²) in [6.45, 7) is 3.56. The molecule has 0 bridgehead atoms. The highest BCUT2D eigenvalue weighted by Crippen LogP contribution is 2.32. The summed E-state index contributed by atoms with van der Waals surface area (Å²) in [4.78, 5) is 4.74. The highest BCUT2D eigenvalue weighted by Gasteiger charge is 2.34. The minimum Gasteiger partial charge on any atom is -0.491 e. The maximum absolute atomic E-state index is 13.3. The highest BCUT2D eigenvalue weighted by molar-refractivity contribution is 7.89. The van der Waals surface area contributed by atoms with Crippen molar-refractivity contribution in [1.82, 2.24) is 14.7 Å². The second kappa shape index (κ2) is 11.4. The van der Waals surface area contributed by atoms with Crippen molar-refractivity contribution in [2.45, 2.75) is 31.1 Å². The van der Waals surface area contributed by atoms with E-state index in [9.17, 15) is 8.42 Å². The van der Waals surface area contributed by atoms with Crippen LogP contribution in [-0.4, -0.2) is 58.4 Å². The molecule has 36 heavy (non-hydrogen) atoms. The number of benzene rings is 2. The highest BCUT2D eigenvalue weighted by atomic mass is 35.5. The summed E-state index contributed by atoms with van der Waals surface area (Å²) < 4.78 is 44.3. The van der Waals surface area contributed by atoms with Gasteiger partial charge in [-0.25, -0.2) is 13.4 Å². The van der Waals surface area contributed by atoms with Crippen molar-refractivity contribution in [3.63, 3.8) is 0 Å². The largest absolute Gasteiger partial charge is 0.491 e. The van der Waals surface area contributed by atoms with E-state index in [2.05, 4.69) is 4.83 Å². The lowest BCUT2D eigenvalue weighted by Crippen LogP contribution is -2.49. The molecule has 194 valence electrons. The van der Waals surface area contributed by atoms with Crippen LogP contribution in [-0.2, 0) is 26.1 Å². The van der Waals surface area contributed by atoms with Gasteiger partial charge in [0.2, 0.25) is 5.88 Å². The van der Waals surface area contributed by atoms with E-state index in [0.717, 1.165) is 17.7 Å². The van der Waals surface area contributed by atoms with Crippen LogP contribution in [0.15, 0.2) is 64.9 Å². The number of ether oxygens (including phenoxy) is 3. The van der Waals surface area contributed by atoms with Gasteiger partial charge >= 0.3 is 0 Å². The fourth-order valence-corrected chi connectivity index (χ4v) is 5.50. The van der Waals surface area contributed by atoms with Crippen LogP contribution in [0.3, 0.4) is 0 Å². The van der Waals surface area contributed by atoms with Crippen molar-refractivity contribution in [3.05, 3.63) is 81.2 Å². The molecule has 4 rings (SSSR count). The van der Waals surface area contributed by atoms with Crippen LogP contribution in [0.2, 0.25) is 10.0 Å². The number of nitrogens with one attached hydrogen (secondary N) is 1. The third-order valence-corrected chi connectivity index (χ3v) is 7.94. The number of sulfonamides is 1. The van der Waals surface area contributed by atoms with E-state index >= 15 is 0 Å². The van der Waals surface area contributed by atoms with Crippen LogP contribution in [0.25, 0.3) is 0 Å². The van der Waals surface area contributed by atoms with Crippen molar-refractivity contribution in [2.24, 2.45) is 0 Å². The van der Waals surface area contributed by atoms with Gasteiger partial charge < -0.3 is 19.1 Å². The van der Waals surface area contributed by atoms with Crippen molar-refractivity contribution < 1.29 is 22.6 Å². The van der Waals surface area contributed by atoms with Crippen LogP contribution in [0.4, 0.5) is 0 Å². The minimum atomic E-state index is -3.98. The Hall–Kier alpha value is -2.27. The molecule has 11 heteroatoms. The summed E-state index contributed by atoms with van der Waals surface area (Å²) in [5.41, 5.74) is 2.18. The Morgan fingerprint density at radius 2 is 2.00 bits per heavy atom. The number of halogens is 2. The molecule has 2 aromatic carbocycles. The average Bonchev–Trinajstić information content (AvgIpc) is 3.31. The zero-order chi connectivity index (χ0) is 25.9. The lowest BCUT2D eigenvalue weighted by molar-refractivity contribution is -0.0604. The third-order valence-electron chi connectivity index (χ3n) is 5.76. The Balaban J connectivity index is 1.51. The molecule has 0 aliphatic carbocycles. The first-order valence-electron chi connectivity index (χ1n) is 11.4. The van der Waals surface area contributed by atoms with Gasteiger partial charge in [0, 0.05) is 23.6 Å². The number of nitrogens with zero attached hydrogens (tertiary/aromatic N) is 2. The molecule has 0 fully saturated rings. The van der Waals surface area contributed by atoms with Crippen LogP contribution in [0.1, 0.15) is 17.5 Å². The number of rotatable bonds is 10. The van der Waals surface area contributed by atoms with E-state index in [1.807, 2.05) is 37.2 Å². The second-order valence-electron chi connectivity index (χ2n) is 8.73. The first-order chi connectivity index (χ1) is 17.2. The molecule has 0 spiro atoms. The number of likely N-dealkylation sites (N-methyl/N-ethyl adjacent to an activating group) is 1. The normalized spacial score (nSPS) is 17.5. The summed E-state index contributed by atoms with van der Waals surface area (Å²) in [7, 11) is -0.0397. The number of hydrogen-bond donors (Lipinski definition) is 1. The lowest BCUT2D eigenvalue weighted by atomic mass is 10.1. The smallest absolute Gasteiger partial charge is 0.257 e. The molecule has 1 atom stereocenters. The molecule has 2 aliphatic rings. The van der Waals surface area contributed by atoms with Gasteiger partial charge in [-0.3, -0.25) is 0 Å². The Bertz CT molecular complexity index is 1280. The molecule has 2 aromatic rings. The fraction of sp³-hybridized carbons (Fsp3) is 0.360. The second-order valence-corrected chi connectivity index (χ2v) is 11.2. The van der Waals surface area contributed by atoms with Gasteiger partial charge in [0.05, 0.1) is 23.1 Å². The van der Waals surface area contributed by atoms with E-state index in [-0.39, 0.29) is 11.5 Å². The Labute approximate surface area is 222 Å². The first kappa shape index (κ1) is 26.8. The topological polar surface area (TPSA) is 80.3 Å². The van der Waals surface area contributed by atoms with Crippen molar-refractivity contribution >= 4 is 33.2 Å². The zero-order valence-corrected chi connectivity index (χ0v) is 22.7. The molecule has 0 aromatic heterocycles. The molecule has 8 nitrogen and oxygen atoms in total. The monoisotopic (exact) mass is 553 g/mol. The molecular weight excluding hydrogens is 525 g/mol. The van der Waals surface area contributed by atoms with Gasteiger partial charge in [-0.05, 0) is 62.5 Å². The molecular formula is C25H29Cl2N3O5S. The van der Waals surface area contributed by atoms with Crippen molar-refractivity contribution in [3.8, 4) is 5.75 Å². The maximum Gasteiger partial charge on any atom is 0.257 e. The van der Waals surface area contributed by atoms with E-state index in [1.54, 1.807) is 31.2 Å². The molecule has 0 amide bonds. The van der Waals surface area contributed by atoms with Crippen LogP contribution >= 0.6 is 23.2 Å². The van der Waals surface area contributed by atoms with Crippen LogP contribution < -0.4 is 9.57 Å². The molecule has 0 saturated heterocycles. The molecule has 1 N–H and O–H groups in total. The van der Waals surface area contributed by atoms with Gasteiger partial charge in [-0.15, -0.1) is 4.83 Å². The summed E-state index contributed by atoms with van der Waals surface area (Å²) in [6.07, 6.45) is 3.63. The average molecular weight is 554 g/mol. The number of hydrogen-bond acceptors (Lipinski definition) is 7. The Morgan fingerprint density at radius 1 is 1.19 bits per heavy atom. The third kappa shape index (κ3) is 6.16. The lowest BCUT2D eigenvalue weighted by Gasteiger charge is -2.34. The van der Waals surface area contributed by atoms with Crippen molar-refractivity contribution in [1.29, 1.82) is 0 Å². The van der Waals surface area contributed by atoms with Gasteiger partial charge in [0.1, 0.15) is 12.4 Å². The Morgan fingerprint density at radius 3 is 2.78 bits per heavy atom. The predicted octanol–water partition coefficient (Wildman–Crippen LogP) is 4.48. The molecule has 0 radical (unpaired) electrons. The summed E-state index contributed by atoms with van der Waals surface area (Å²) in [5.74, 6) is 0.992. The van der Waals surface area contributed by atoms with Crippen molar-refractivity contribution in [2.75, 3.05) is 33.9 Å². The molecule has 2 aliphatic heterocycles. The van der Waals surface area contributed by atoms with E-state index in [1.165, 1.54) is 11.1 Å². The fourth-order valence-electron chi connectivity index (χ4n) is 3.79. The maximum atomic E-state index is 13.3. The van der Waals surface area contributed by atoms with E-state index in [4.69, 9.17) is 37.4 Å². The SMILES string of the molecule is Cc1c(Cl)cccc1S(=O)(=O)NN1C2=C(C=CC1OCc1ccc(Cl)c(OCCN(C)C)c1)CCO2. The zero-order valence-electron chi connectivity index (χ0n) is 20.3. The van der Waals surface area contributed by atoms with Gasteiger partial charge in [-0.1, -0.05) is 41.4 Å². The quantitative estimate of drug-likeness (QED) is 0.464. The predicted molar refractivity (Wildman–Crippen MR) is 139 cm³/mol. The first-order valence-corrected chi connectivity index (χ1v) is 13.7. The molecule has 1 unspecified atom stereocenters. The minimum absolute atomic E-state index is 0.0839. The summed E-state index contributed by atoms with van der Waals surface area (Å²) in [6, 6.07) is 10.2. The van der Waals surface area contributed by atoms with E-state index < -0.39 is 16.3 Å². The van der Waals surface area contributed by atoms with Gasteiger partial charge in [0.25, 0.3) is 10.0 Å². The van der Waals surface area contributed by atoms with Gasteiger partial charge in [-0.2, -0.15) is 0 Å². The van der Waals surface area contributed by atoms with Gasteiger partial charge in [0.15, 0.2) is 6.23 Å². The standard InChI is InChI=1S/C25H29Cl2N3O5S/c1-17-20(26)5-4-6-23(17)36(31,32)28-30-24(10-8-19-11-13-34-25(19)30)35-16-18-7-9-21(27)22(15-18)33-14-12-29(2)3/h4-10,15,24,28H,11-14,16H2,1-3H3. The Kier molecular flexibility index (Phi) is 8.49. The summed E-state index contributed by atoms with van der Waals surface area (Å²) in [5, 5.41) is 2.28. The molecule has 0 saturated carbocycles. The number of allylic oxidation sites excluding steroid dienone is 1. The van der Waals surface area contributed by atoms with Crippen LogP contribution in [0.5, 0.6) is 5.75 Å². The van der Waals surface area contributed by atoms with Crippen LogP contribution in [0, 0.1) is 6.92 Å². The van der Waals surface area contributed by atoms with E-state index in [0.29, 0.717) is 46.9 Å². The summed E-state index contributed by atoms with van der Waals surface area (Å²) >= 11 is 12.5.